The average molecular weight is 276 g/mol. The van der Waals surface area contributed by atoms with Crippen LogP contribution in [0.25, 0.3) is 0 Å². The number of rotatable bonds is 5. The van der Waals surface area contributed by atoms with Gasteiger partial charge in [0.2, 0.25) is 0 Å². The Morgan fingerprint density at radius 1 is 1.53 bits per heavy atom. The molecule has 17 heavy (non-hydrogen) atoms. The summed E-state index contributed by atoms with van der Waals surface area (Å²) in [6, 6.07) is 0. The van der Waals surface area contributed by atoms with Crippen molar-refractivity contribution in [1.29, 1.82) is 0 Å². The van der Waals surface area contributed by atoms with Crippen molar-refractivity contribution < 1.29 is 9.53 Å². The third-order valence-electron chi connectivity index (χ3n) is 3.16. The number of esters is 1. The van der Waals surface area contributed by atoms with Gasteiger partial charge in [-0.15, -0.1) is 0 Å². The number of nitrogens with two attached hydrogens (primary N) is 1. The van der Waals surface area contributed by atoms with E-state index in [1.165, 1.54) is 0 Å². The second-order valence-corrected chi connectivity index (χ2v) is 5.77. The summed E-state index contributed by atoms with van der Waals surface area (Å²) in [7, 11) is 0. The molecule has 1 aliphatic rings. The van der Waals surface area contributed by atoms with Crippen LogP contribution in [-0.4, -0.2) is 53.1 Å². The number of nitrogens with zero attached hydrogens (tertiary/aromatic N) is 1. The van der Waals surface area contributed by atoms with Gasteiger partial charge >= 0.3 is 5.97 Å². The van der Waals surface area contributed by atoms with Gasteiger partial charge in [-0.3, -0.25) is 9.69 Å². The largest absolute Gasteiger partial charge is 0.465 e. The fourth-order valence-corrected chi connectivity index (χ4v) is 3.26. The third kappa shape index (κ3) is 3.82. The van der Waals surface area contributed by atoms with Gasteiger partial charge in [-0.05, 0) is 26.0 Å². The van der Waals surface area contributed by atoms with E-state index in [-0.39, 0.29) is 10.7 Å². The first-order chi connectivity index (χ1) is 8.04. The van der Waals surface area contributed by atoms with Crippen molar-refractivity contribution in [2.45, 2.75) is 24.5 Å². The maximum Gasteiger partial charge on any atom is 0.320 e. The summed E-state index contributed by atoms with van der Waals surface area (Å²) in [4.78, 5) is 14.0. The summed E-state index contributed by atoms with van der Waals surface area (Å²) in [6.07, 6.45) is 3.85. The van der Waals surface area contributed by atoms with Gasteiger partial charge in [0.15, 0.2) is 0 Å². The summed E-state index contributed by atoms with van der Waals surface area (Å²) in [5.41, 5.74) is 5.81. The molecule has 0 aromatic carbocycles. The predicted molar refractivity (Wildman–Crippen MR) is 75.3 cm³/mol. The average Bonchev–Trinajstić information content (AvgIpc) is 2.30. The summed E-state index contributed by atoms with van der Waals surface area (Å²) < 4.78 is 4.85. The van der Waals surface area contributed by atoms with E-state index in [0.717, 1.165) is 25.9 Å². The maximum atomic E-state index is 11.4. The highest BCUT2D eigenvalue weighted by Crippen LogP contribution is 2.34. The Kier molecular flexibility index (Phi) is 5.69. The van der Waals surface area contributed by atoms with E-state index in [1.54, 1.807) is 11.8 Å². The lowest BCUT2D eigenvalue weighted by atomic mass is 9.95. The van der Waals surface area contributed by atoms with Crippen LogP contribution in [0.3, 0.4) is 0 Å². The summed E-state index contributed by atoms with van der Waals surface area (Å²) >= 11 is 6.87. The van der Waals surface area contributed by atoms with E-state index < -0.39 is 0 Å². The Balaban J connectivity index is 2.45. The molecule has 0 aromatic rings. The van der Waals surface area contributed by atoms with Crippen LogP contribution >= 0.6 is 24.0 Å². The fraction of sp³-hybridized carbons (Fsp3) is 0.818. The van der Waals surface area contributed by atoms with Crippen LogP contribution < -0.4 is 5.73 Å². The highest BCUT2D eigenvalue weighted by molar-refractivity contribution is 8.02. The van der Waals surface area contributed by atoms with Gasteiger partial charge < -0.3 is 10.5 Å². The molecular weight excluding hydrogens is 256 g/mol. The molecule has 0 spiro atoms. The van der Waals surface area contributed by atoms with Crippen molar-refractivity contribution in [2.24, 2.45) is 5.73 Å². The molecule has 0 radical (unpaired) electrons. The smallest absolute Gasteiger partial charge is 0.320 e. The number of thiocarbonyl (C=S) groups is 1. The van der Waals surface area contributed by atoms with Crippen LogP contribution in [0.15, 0.2) is 0 Å². The molecular formula is C11H20N2O2S2. The number of hydrogen-bond donors (Lipinski definition) is 1. The quantitative estimate of drug-likeness (QED) is 0.598. The molecule has 1 aliphatic heterocycles. The van der Waals surface area contributed by atoms with E-state index in [1.807, 2.05) is 13.2 Å². The van der Waals surface area contributed by atoms with Crippen molar-refractivity contribution in [1.82, 2.24) is 4.90 Å². The Morgan fingerprint density at radius 3 is 2.53 bits per heavy atom. The molecule has 0 aromatic heterocycles. The van der Waals surface area contributed by atoms with Crippen LogP contribution in [0.1, 0.15) is 19.8 Å². The van der Waals surface area contributed by atoms with Crippen molar-refractivity contribution in [3.63, 3.8) is 0 Å². The first-order valence-corrected chi connectivity index (χ1v) is 7.40. The van der Waals surface area contributed by atoms with Gasteiger partial charge in [0.1, 0.15) is 0 Å². The van der Waals surface area contributed by atoms with E-state index >= 15 is 0 Å². The molecule has 0 atom stereocenters. The van der Waals surface area contributed by atoms with E-state index in [4.69, 9.17) is 22.7 Å². The summed E-state index contributed by atoms with van der Waals surface area (Å²) in [5.74, 6) is -0.153. The molecule has 0 bridgehead atoms. The minimum atomic E-state index is -0.153. The van der Waals surface area contributed by atoms with Crippen molar-refractivity contribution in [3.8, 4) is 0 Å². The molecule has 4 nitrogen and oxygen atoms in total. The Morgan fingerprint density at radius 2 is 2.12 bits per heavy atom. The molecule has 0 aliphatic carbocycles. The Bertz CT molecular complexity index is 289. The predicted octanol–water partition coefficient (Wildman–Crippen LogP) is 1.03. The highest BCUT2D eigenvalue weighted by Gasteiger charge is 2.36. The minimum Gasteiger partial charge on any atom is -0.465 e. The molecule has 98 valence electrons. The summed E-state index contributed by atoms with van der Waals surface area (Å²) in [5, 5.41) is 0. The van der Waals surface area contributed by atoms with E-state index in [0.29, 0.717) is 18.1 Å². The molecule has 0 unspecified atom stereocenters. The second-order valence-electron chi connectivity index (χ2n) is 4.14. The topological polar surface area (TPSA) is 55.6 Å². The van der Waals surface area contributed by atoms with Crippen LogP contribution in [0, 0.1) is 0 Å². The number of hydrogen-bond acceptors (Lipinski definition) is 5. The zero-order valence-electron chi connectivity index (χ0n) is 10.4. The van der Waals surface area contributed by atoms with Crippen LogP contribution in [0.4, 0.5) is 0 Å². The minimum absolute atomic E-state index is 0.0828. The lowest BCUT2D eigenvalue weighted by molar-refractivity contribution is -0.144. The first-order valence-electron chi connectivity index (χ1n) is 5.77. The van der Waals surface area contributed by atoms with Crippen molar-refractivity contribution in [3.05, 3.63) is 0 Å². The lowest BCUT2D eigenvalue weighted by Gasteiger charge is -2.39. The monoisotopic (exact) mass is 276 g/mol. The van der Waals surface area contributed by atoms with Crippen LogP contribution in [0.5, 0.6) is 0 Å². The molecule has 0 amide bonds. The fourth-order valence-electron chi connectivity index (χ4n) is 2.01. The number of carbonyl (C=O) groups is 1. The maximum absolute atomic E-state index is 11.4. The van der Waals surface area contributed by atoms with Gasteiger partial charge in [-0.1, -0.05) is 12.2 Å². The highest BCUT2D eigenvalue weighted by atomic mass is 32.2. The van der Waals surface area contributed by atoms with Gasteiger partial charge in [0.05, 0.1) is 22.9 Å². The number of carbonyl (C=O) groups excluding carboxylic acids is 1. The third-order valence-corrected chi connectivity index (χ3v) is 5.09. The number of likely N-dealkylation sites (tertiary alicyclic amines) is 1. The molecule has 1 fully saturated rings. The zero-order chi connectivity index (χ0) is 12.9. The molecule has 1 heterocycles. The Hall–Kier alpha value is -0.330. The van der Waals surface area contributed by atoms with Gasteiger partial charge in [-0.2, -0.15) is 11.8 Å². The molecule has 2 N–H and O–H groups in total. The van der Waals surface area contributed by atoms with Gasteiger partial charge in [-0.25, -0.2) is 0 Å². The molecule has 6 heteroatoms. The zero-order valence-corrected chi connectivity index (χ0v) is 12.0. The number of ether oxygens (including phenoxy) is 1. The van der Waals surface area contributed by atoms with Crippen LogP contribution in [-0.2, 0) is 9.53 Å². The first kappa shape index (κ1) is 14.7. The van der Waals surface area contributed by atoms with E-state index in [9.17, 15) is 4.79 Å². The van der Waals surface area contributed by atoms with Crippen molar-refractivity contribution >= 4 is 34.9 Å². The SMILES string of the molecule is CCOC(=O)CN1CCC(SC)(C(N)=S)CC1. The Labute approximate surface area is 112 Å². The lowest BCUT2D eigenvalue weighted by Crippen LogP contribution is -2.50. The standard InChI is InChI=1S/C11H20N2O2S2/c1-3-15-9(14)8-13-6-4-11(17-2,5-7-13)10(12)16/h3-8H2,1-2H3,(H2,12,16). The van der Waals surface area contributed by atoms with Crippen LogP contribution in [0.2, 0.25) is 0 Å². The molecule has 0 saturated carbocycles. The van der Waals surface area contributed by atoms with Crippen molar-refractivity contribution in [2.75, 3.05) is 32.5 Å². The molecule has 1 rings (SSSR count). The number of thioether (sulfide) groups is 1. The van der Waals surface area contributed by atoms with Gasteiger partial charge in [0, 0.05) is 13.1 Å². The summed E-state index contributed by atoms with van der Waals surface area (Å²) in [6.45, 7) is 4.32. The molecule has 1 saturated heterocycles. The van der Waals surface area contributed by atoms with Gasteiger partial charge in [0.25, 0.3) is 0 Å². The number of piperidine rings is 1. The normalized spacial score (nSPS) is 19.9. The second kappa shape index (κ2) is 6.56. The van der Waals surface area contributed by atoms with E-state index in [2.05, 4.69) is 4.90 Å².